The molecule has 84 valence electrons. The molecule has 0 aliphatic heterocycles. The van der Waals surface area contributed by atoms with Crippen LogP contribution in [0.4, 0.5) is 0 Å². The molecule has 3 heteroatoms. The smallest absolute Gasteiger partial charge is 0.168 e. The molecule has 2 rings (SSSR count). The summed E-state index contributed by atoms with van der Waals surface area (Å²) in [4.78, 5) is 0.368. The van der Waals surface area contributed by atoms with Crippen LogP contribution < -0.4 is 0 Å². The molecule has 0 aliphatic carbocycles. The molecule has 0 saturated heterocycles. The van der Waals surface area contributed by atoms with Crippen LogP contribution in [0.1, 0.15) is 5.56 Å². The molecule has 2 aromatic carbocycles. The molecule has 0 N–H and O–H groups in total. The van der Waals surface area contributed by atoms with E-state index in [0.717, 1.165) is 0 Å². The standard InChI is InChI=1S/C7H8.C6H6O2S/c1-7-5-3-2-4-6-7;7-9(8)6-4-2-1-3-5-6/h2-6H,1H3;1-5,9H. The normalized spacial score (nSPS) is 9.38. The van der Waals surface area contributed by atoms with Gasteiger partial charge < -0.3 is 0 Å². The van der Waals surface area contributed by atoms with Crippen molar-refractivity contribution in [3.8, 4) is 0 Å². The molecule has 0 aliphatic rings. The Bertz CT molecular complexity index is 468. The van der Waals surface area contributed by atoms with Crippen molar-refractivity contribution in [2.75, 3.05) is 0 Å². The molecule has 0 spiro atoms. The van der Waals surface area contributed by atoms with Crippen LogP contribution in [0.3, 0.4) is 0 Å². The fraction of sp³-hybridized carbons (Fsp3) is 0.0769. The Balaban J connectivity index is 0.000000165. The van der Waals surface area contributed by atoms with Crippen molar-refractivity contribution in [1.29, 1.82) is 0 Å². The second-order valence-corrected chi connectivity index (χ2v) is 4.28. The maximum Gasteiger partial charge on any atom is 0.168 e. The average molecular weight is 234 g/mol. The Morgan fingerprint density at radius 2 is 1.19 bits per heavy atom. The molecule has 2 nitrogen and oxygen atoms in total. The van der Waals surface area contributed by atoms with Crippen molar-refractivity contribution >= 4 is 10.7 Å². The summed E-state index contributed by atoms with van der Waals surface area (Å²) in [7, 11) is -2.40. The lowest BCUT2D eigenvalue weighted by Crippen LogP contribution is -1.75. The first-order valence-corrected chi connectivity index (χ1v) is 6.09. The zero-order valence-electron chi connectivity index (χ0n) is 9.04. The minimum Gasteiger partial charge on any atom is -0.227 e. The molecule has 0 atom stereocenters. The molecule has 0 amide bonds. The van der Waals surface area contributed by atoms with E-state index in [2.05, 4.69) is 19.1 Å². The number of hydrogen-bond donors (Lipinski definition) is 1. The van der Waals surface area contributed by atoms with Gasteiger partial charge in [0.15, 0.2) is 10.7 Å². The largest absolute Gasteiger partial charge is 0.227 e. The molecule has 0 bridgehead atoms. The first kappa shape index (κ1) is 12.5. The van der Waals surface area contributed by atoms with Gasteiger partial charge in [-0.2, -0.15) is 0 Å². The van der Waals surface area contributed by atoms with Crippen LogP contribution in [0.15, 0.2) is 65.6 Å². The van der Waals surface area contributed by atoms with E-state index in [1.54, 1.807) is 30.3 Å². The Morgan fingerprint density at radius 1 is 0.750 bits per heavy atom. The van der Waals surface area contributed by atoms with Gasteiger partial charge >= 0.3 is 0 Å². The monoisotopic (exact) mass is 234 g/mol. The summed E-state index contributed by atoms with van der Waals surface area (Å²) in [5, 5.41) is 0. The number of aryl methyl sites for hydroxylation is 1. The Kier molecular flexibility index (Phi) is 5.29. The van der Waals surface area contributed by atoms with E-state index in [-0.39, 0.29) is 0 Å². The number of benzene rings is 2. The highest BCUT2D eigenvalue weighted by molar-refractivity contribution is 7.72. The summed E-state index contributed by atoms with van der Waals surface area (Å²) in [6, 6.07) is 18.6. The zero-order chi connectivity index (χ0) is 11.8. The highest BCUT2D eigenvalue weighted by atomic mass is 32.2. The first-order chi connectivity index (χ1) is 7.70. The molecule has 0 aromatic heterocycles. The van der Waals surface area contributed by atoms with Gasteiger partial charge in [0.1, 0.15) is 0 Å². The van der Waals surface area contributed by atoms with Crippen molar-refractivity contribution in [1.82, 2.24) is 0 Å². The predicted molar refractivity (Wildman–Crippen MR) is 66.2 cm³/mol. The van der Waals surface area contributed by atoms with Crippen LogP contribution in [0.25, 0.3) is 0 Å². The lowest BCUT2D eigenvalue weighted by Gasteiger charge is -1.83. The van der Waals surface area contributed by atoms with E-state index >= 15 is 0 Å². The topological polar surface area (TPSA) is 34.1 Å². The van der Waals surface area contributed by atoms with Gasteiger partial charge in [0.2, 0.25) is 0 Å². The van der Waals surface area contributed by atoms with Crippen molar-refractivity contribution in [3.63, 3.8) is 0 Å². The van der Waals surface area contributed by atoms with Gasteiger partial charge in [0.25, 0.3) is 0 Å². The number of rotatable bonds is 1. The van der Waals surface area contributed by atoms with Crippen LogP contribution in [0.5, 0.6) is 0 Å². The van der Waals surface area contributed by atoms with Gasteiger partial charge in [0.05, 0.1) is 4.90 Å². The summed E-state index contributed by atoms with van der Waals surface area (Å²) in [6.45, 7) is 2.08. The van der Waals surface area contributed by atoms with E-state index in [4.69, 9.17) is 0 Å². The molecule has 16 heavy (non-hydrogen) atoms. The van der Waals surface area contributed by atoms with E-state index in [1.165, 1.54) is 5.56 Å². The summed E-state index contributed by atoms with van der Waals surface area (Å²) in [5.74, 6) is 0. The molecular formula is C13H14O2S. The van der Waals surface area contributed by atoms with Crippen LogP contribution in [0, 0.1) is 6.92 Å². The number of hydrogen-bond acceptors (Lipinski definition) is 2. The lowest BCUT2D eigenvalue weighted by atomic mass is 10.2. The SMILES string of the molecule is Cc1ccccc1.O=[SH](=O)c1ccccc1. The predicted octanol–water partition coefficient (Wildman–Crippen LogP) is 2.65. The zero-order valence-corrected chi connectivity index (χ0v) is 9.93. The van der Waals surface area contributed by atoms with E-state index in [0.29, 0.717) is 4.90 Å². The van der Waals surface area contributed by atoms with Crippen molar-refractivity contribution < 1.29 is 8.42 Å². The van der Waals surface area contributed by atoms with Crippen LogP contribution in [-0.4, -0.2) is 8.42 Å². The van der Waals surface area contributed by atoms with Gasteiger partial charge in [0, 0.05) is 0 Å². The molecule has 0 saturated carbocycles. The van der Waals surface area contributed by atoms with Crippen molar-refractivity contribution in [3.05, 3.63) is 66.2 Å². The van der Waals surface area contributed by atoms with E-state index in [9.17, 15) is 8.42 Å². The molecule has 0 fully saturated rings. The van der Waals surface area contributed by atoms with Crippen LogP contribution >= 0.6 is 0 Å². The van der Waals surface area contributed by atoms with Gasteiger partial charge in [-0.15, -0.1) is 0 Å². The molecule has 0 unspecified atom stereocenters. The highest BCUT2D eigenvalue weighted by Gasteiger charge is 1.87. The van der Waals surface area contributed by atoms with Gasteiger partial charge in [-0.1, -0.05) is 54.1 Å². The van der Waals surface area contributed by atoms with Crippen molar-refractivity contribution in [2.45, 2.75) is 11.8 Å². The highest BCUT2D eigenvalue weighted by Crippen LogP contribution is 1.97. The molecular weight excluding hydrogens is 220 g/mol. The second-order valence-electron chi connectivity index (χ2n) is 3.25. The maximum atomic E-state index is 10.2. The third-order valence-corrected chi connectivity index (χ3v) is 2.63. The Hall–Kier alpha value is -1.61. The molecule has 0 heterocycles. The molecule has 0 radical (unpaired) electrons. The van der Waals surface area contributed by atoms with Gasteiger partial charge in [-0.05, 0) is 19.1 Å². The average Bonchev–Trinajstić information content (AvgIpc) is 2.32. The number of thiol groups is 1. The quantitative estimate of drug-likeness (QED) is 0.770. The Morgan fingerprint density at radius 3 is 1.44 bits per heavy atom. The lowest BCUT2D eigenvalue weighted by molar-refractivity contribution is 0.614. The van der Waals surface area contributed by atoms with Gasteiger partial charge in [-0.3, -0.25) is 0 Å². The van der Waals surface area contributed by atoms with Gasteiger partial charge in [-0.25, -0.2) is 8.42 Å². The van der Waals surface area contributed by atoms with Crippen molar-refractivity contribution in [2.24, 2.45) is 0 Å². The second kappa shape index (κ2) is 6.80. The van der Waals surface area contributed by atoms with Crippen LogP contribution in [0.2, 0.25) is 0 Å². The van der Waals surface area contributed by atoms with E-state index in [1.807, 2.05) is 18.2 Å². The fourth-order valence-electron chi connectivity index (χ4n) is 1.08. The summed E-state index contributed by atoms with van der Waals surface area (Å²) < 4.78 is 20.5. The summed E-state index contributed by atoms with van der Waals surface area (Å²) in [6.07, 6.45) is 0. The third-order valence-electron chi connectivity index (χ3n) is 1.91. The minimum absolute atomic E-state index is 0.368. The van der Waals surface area contributed by atoms with Crippen LogP contribution in [-0.2, 0) is 10.7 Å². The summed E-state index contributed by atoms with van der Waals surface area (Å²) >= 11 is 0. The van der Waals surface area contributed by atoms with E-state index < -0.39 is 10.7 Å². The first-order valence-electron chi connectivity index (χ1n) is 4.91. The minimum atomic E-state index is -2.40. The summed E-state index contributed by atoms with van der Waals surface area (Å²) in [5.41, 5.74) is 1.32. The maximum absolute atomic E-state index is 10.2. The third kappa shape index (κ3) is 4.75. The molecule has 2 aromatic rings. The fourth-order valence-corrected chi connectivity index (χ4v) is 1.50. The Labute approximate surface area is 97.5 Å².